The molecule has 132 valence electrons. The fraction of sp³-hybridized carbons (Fsp3) is 0.421. The van der Waals surface area contributed by atoms with Gasteiger partial charge in [-0.3, -0.25) is 4.79 Å². The molecule has 25 heavy (non-hydrogen) atoms. The summed E-state index contributed by atoms with van der Waals surface area (Å²) in [5.74, 6) is 0.658. The van der Waals surface area contributed by atoms with Crippen molar-refractivity contribution in [2.75, 3.05) is 19.7 Å². The van der Waals surface area contributed by atoms with Crippen molar-refractivity contribution in [2.45, 2.75) is 32.5 Å². The summed E-state index contributed by atoms with van der Waals surface area (Å²) in [5, 5.41) is 7.98. The summed E-state index contributed by atoms with van der Waals surface area (Å²) >= 11 is 0. The number of rotatable bonds is 4. The molecule has 0 unspecified atom stereocenters. The SMILES string of the molecule is Cc1ccc(C(=O)N2C[C@H](COc3ccccc3)OC(C)(C)C2)nn1. The number of para-hydroxylation sites is 1. The van der Waals surface area contributed by atoms with Crippen LogP contribution in [0, 0.1) is 6.92 Å². The van der Waals surface area contributed by atoms with Crippen LogP contribution in [0.15, 0.2) is 42.5 Å². The van der Waals surface area contributed by atoms with Gasteiger partial charge in [0.1, 0.15) is 18.5 Å². The molecule has 3 rings (SSSR count). The highest BCUT2D eigenvalue weighted by Crippen LogP contribution is 2.23. The Kier molecular flexibility index (Phi) is 4.99. The van der Waals surface area contributed by atoms with Gasteiger partial charge in [-0.1, -0.05) is 18.2 Å². The van der Waals surface area contributed by atoms with Crippen LogP contribution in [0.25, 0.3) is 0 Å². The standard InChI is InChI=1S/C19H23N3O3/c1-14-9-10-17(21-20-14)18(23)22-11-16(25-19(2,3)13-22)12-24-15-7-5-4-6-8-15/h4-10,16H,11-13H2,1-3H3/t16-/m1/s1. The van der Waals surface area contributed by atoms with E-state index in [1.807, 2.05) is 51.1 Å². The van der Waals surface area contributed by atoms with E-state index < -0.39 is 5.60 Å². The highest BCUT2D eigenvalue weighted by atomic mass is 16.5. The molecule has 1 atom stereocenters. The summed E-state index contributed by atoms with van der Waals surface area (Å²) in [6.07, 6.45) is -0.202. The first-order valence-corrected chi connectivity index (χ1v) is 8.38. The molecule has 1 fully saturated rings. The van der Waals surface area contributed by atoms with Gasteiger partial charge in [-0.25, -0.2) is 0 Å². The summed E-state index contributed by atoms with van der Waals surface area (Å²) in [6.45, 7) is 7.15. The lowest BCUT2D eigenvalue weighted by Crippen LogP contribution is -2.56. The van der Waals surface area contributed by atoms with E-state index in [-0.39, 0.29) is 12.0 Å². The Bertz CT molecular complexity index is 716. The van der Waals surface area contributed by atoms with Gasteiger partial charge >= 0.3 is 0 Å². The van der Waals surface area contributed by atoms with Gasteiger partial charge in [0.05, 0.1) is 17.8 Å². The molecule has 1 amide bonds. The van der Waals surface area contributed by atoms with Crippen LogP contribution in [0.1, 0.15) is 30.0 Å². The van der Waals surface area contributed by atoms with Crippen molar-refractivity contribution >= 4 is 5.91 Å². The maximum absolute atomic E-state index is 12.7. The molecule has 1 aliphatic heterocycles. The van der Waals surface area contributed by atoms with Gasteiger partial charge in [0, 0.05) is 6.54 Å². The number of aromatic nitrogens is 2. The number of carbonyl (C=O) groups excluding carboxylic acids is 1. The first-order chi connectivity index (χ1) is 11.9. The molecule has 2 aromatic rings. The van der Waals surface area contributed by atoms with Crippen molar-refractivity contribution in [3.8, 4) is 5.75 Å². The Balaban J connectivity index is 1.68. The number of aryl methyl sites for hydroxylation is 1. The van der Waals surface area contributed by atoms with E-state index in [0.29, 0.717) is 25.4 Å². The lowest BCUT2D eigenvalue weighted by molar-refractivity contribution is -0.136. The van der Waals surface area contributed by atoms with Crippen molar-refractivity contribution in [3.05, 3.63) is 53.9 Å². The Hall–Kier alpha value is -2.47. The zero-order chi connectivity index (χ0) is 17.9. The van der Waals surface area contributed by atoms with Gasteiger partial charge in [-0.2, -0.15) is 5.10 Å². The maximum Gasteiger partial charge on any atom is 0.274 e. The molecule has 1 aromatic heterocycles. The number of benzene rings is 1. The van der Waals surface area contributed by atoms with Gasteiger partial charge in [-0.15, -0.1) is 5.10 Å². The minimum Gasteiger partial charge on any atom is -0.491 e. The molecule has 1 aromatic carbocycles. The van der Waals surface area contributed by atoms with Crippen molar-refractivity contribution in [3.63, 3.8) is 0 Å². The molecule has 0 bridgehead atoms. The summed E-state index contributed by atoms with van der Waals surface area (Å²) in [5.41, 5.74) is 0.690. The van der Waals surface area contributed by atoms with E-state index >= 15 is 0 Å². The van der Waals surface area contributed by atoms with E-state index in [1.165, 1.54) is 0 Å². The summed E-state index contributed by atoms with van der Waals surface area (Å²) in [4.78, 5) is 14.5. The largest absolute Gasteiger partial charge is 0.491 e. The highest BCUT2D eigenvalue weighted by molar-refractivity contribution is 5.92. The topological polar surface area (TPSA) is 64.6 Å². The monoisotopic (exact) mass is 341 g/mol. The molecule has 0 spiro atoms. The summed E-state index contributed by atoms with van der Waals surface area (Å²) < 4.78 is 11.9. The zero-order valence-corrected chi connectivity index (χ0v) is 14.8. The Labute approximate surface area is 147 Å². The lowest BCUT2D eigenvalue weighted by atomic mass is 10.0. The highest BCUT2D eigenvalue weighted by Gasteiger charge is 2.36. The second kappa shape index (κ2) is 7.19. The molecule has 6 heteroatoms. The number of hydrogen-bond acceptors (Lipinski definition) is 5. The predicted molar refractivity (Wildman–Crippen MR) is 93.6 cm³/mol. The minimum absolute atomic E-state index is 0.131. The average molecular weight is 341 g/mol. The van der Waals surface area contributed by atoms with Crippen LogP contribution in [0.3, 0.4) is 0 Å². The average Bonchev–Trinajstić information content (AvgIpc) is 2.59. The third-order valence-electron chi connectivity index (χ3n) is 3.96. The first-order valence-electron chi connectivity index (χ1n) is 8.38. The van der Waals surface area contributed by atoms with Gasteiger partial charge in [0.2, 0.25) is 0 Å². The van der Waals surface area contributed by atoms with Gasteiger partial charge in [0.15, 0.2) is 5.69 Å². The second-order valence-electron chi connectivity index (χ2n) is 6.87. The van der Waals surface area contributed by atoms with E-state index in [4.69, 9.17) is 9.47 Å². The van der Waals surface area contributed by atoms with Crippen LogP contribution in [-0.4, -0.2) is 52.4 Å². The lowest BCUT2D eigenvalue weighted by Gasteiger charge is -2.42. The Morgan fingerprint density at radius 2 is 2.00 bits per heavy atom. The van der Waals surface area contributed by atoms with Crippen molar-refractivity contribution in [1.29, 1.82) is 0 Å². The van der Waals surface area contributed by atoms with Crippen LogP contribution >= 0.6 is 0 Å². The molecular weight excluding hydrogens is 318 g/mol. The van der Waals surface area contributed by atoms with Crippen LogP contribution in [-0.2, 0) is 4.74 Å². The van der Waals surface area contributed by atoms with Gasteiger partial charge in [0.25, 0.3) is 5.91 Å². The molecule has 1 saturated heterocycles. The zero-order valence-electron chi connectivity index (χ0n) is 14.8. The van der Waals surface area contributed by atoms with E-state index in [0.717, 1.165) is 11.4 Å². The third kappa shape index (κ3) is 4.54. The van der Waals surface area contributed by atoms with Crippen molar-refractivity contribution in [1.82, 2.24) is 15.1 Å². The number of nitrogens with zero attached hydrogens (tertiary/aromatic N) is 3. The molecule has 0 saturated carbocycles. The molecule has 1 aliphatic rings. The van der Waals surface area contributed by atoms with Crippen LogP contribution in [0.4, 0.5) is 0 Å². The molecule has 2 heterocycles. The maximum atomic E-state index is 12.7. The fourth-order valence-corrected chi connectivity index (χ4v) is 2.92. The number of hydrogen-bond donors (Lipinski definition) is 0. The van der Waals surface area contributed by atoms with Crippen LogP contribution in [0.5, 0.6) is 5.75 Å². The van der Waals surface area contributed by atoms with Crippen LogP contribution < -0.4 is 4.74 Å². The summed E-state index contributed by atoms with van der Waals surface area (Å²) in [6, 6.07) is 13.1. The molecule has 0 aliphatic carbocycles. The number of amides is 1. The van der Waals surface area contributed by atoms with E-state index in [1.54, 1.807) is 17.0 Å². The second-order valence-corrected chi connectivity index (χ2v) is 6.87. The number of ether oxygens (including phenoxy) is 2. The van der Waals surface area contributed by atoms with Crippen molar-refractivity contribution in [2.24, 2.45) is 0 Å². The first kappa shape index (κ1) is 17.4. The third-order valence-corrected chi connectivity index (χ3v) is 3.96. The number of carbonyl (C=O) groups is 1. The Morgan fingerprint density at radius 3 is 2.68 bits per heavy atom. The normalized spacial score (nSPS) is 19.5. The molecule has 0 N–H and O–H groups in total. The minimum atomic E-state index is -0.448. The molecule has 0 radical (unpaired) electrons. The number of morpholine rings is 1. The smallest absolute Gasteiger partial charge is 0.274 e. The Morgan fingerprint density at radius 1 is 1.24 bits per heavy atom. The van der Waals surface area contributed by atoms with E-state index in [9.17, 15) is 4.79 Å². The predicted octanol–water partition coefficient (Wildman–Crippen LogP) is 2.48. The molecule has 6 nitrogen and oxygen atoms in total. The van der Waals surface area contributed by atoms with Gasteiger partial charge in [-0.05, 0) is 45.0 Å². The van der Waals surface area contributed by atoms with Crippen LogP contribution in [0.2, 0.25) is 0 Å². The molecular formula is C19H23N3O3. The fourth-order valence-electron chi connectivity index (χ4n) is 2.92. The van der Waals surface area contributed by atoms with Crippen molar-refractivity contribution < 1.29 is 14.3 Å². The van der Waals surface area contributed by atoms with Gasteiger partial charge < -0.3 is 14.4 Å². The van der Waals surface area contributed by atoms with E-state index in [2.05, 4.69) is 10.2 Å². The quantitative estimate of drug-likeness (QED) is 0.855. The summed E-state index contributed by atoms with van der Waals surface area (Å²) in [7, 11) is 0.